The van der Waals surface area contributed by atoms with E-state index in [0.29, 0.717) is 17.1 Å². The zero-order chi connectivity index (χ0) is 20.6. The predicted molar refractivity (Wildman–Crippen MR) is 116 cm³/mol. The first kappa shape index (κ1) is 21.1. The van der Waals surface area contributed by atoms with E-state index in [1.165, 1.54) is 17.3 Å². The van der Waals surface area contributed by atoms with Gasteiger partial charge < -0.3 is 10.1 Å². The van der Waals surface area contributed by atoms with Gasteiger partial charge in [0.05, 0.1) is 12.7 Å². The van der Waals surface area contributed by atoms with E-state index < -0.39 is 0 Å². The van der Waals surface area contributed by atoms with E-state index in [2.05, 4.69) is 22.4 Å². The highest BCUT2D eigenvalue weighted by Gasteiger charge is 2.17. The van der Waals surface area contributed by atoms with Gasteiger partial charge in [-0.15, -0.1) is 10.2 Å². The second-order valence-corrected chi connectivity index (χ2v) is 8.12. The van der Waals surface area contributed by atoms with Crippen LogP contribution in [0.15, 0.2) is 70.6 Å². The fourth-order valence-corrected chi connectivity index (χ4v) is 3.80. The van der Waals surface area contributed by atoms with E-state index >= 15 is 0 Å². The van der Waals surface area contributed by atoms with Crippen molar-refractivity contribution >= 4 is 29.3 Å². The van der Waals surface area contributed by atoms with Crippen molar-refractivity contribution in [1.29, 1.82) is 0 Å². The molecule has 0 bridgehead atoms. The Morgan fingerprint density at radius 2 is 1.86 bits per heavy atom. The summed E-state index contributed by atoms with van der Waals surface area (Å²) in [4.78, 5) is 13.8. The highest BCUT2D eigenvalue weighted by molar-refractivity contribution is 7.99. The average molecular weight is 428 g/mol. The summed E-state index contributed by atoms with van der Waals surface area (Å²) in [5.41, 5.74) is 1.62. The lowest BCUT2D eigenvalue weighted by Crippen LogP contribution is -2.29. The molecule has 1 unspecified atom stereocenters. The molecule has 150 valence electrons. The van der Waals surface area contributed by atoms with Gasteiger partial charge >= 0.3 is 0 Å². The number of amides is 1. The van der Waals surface area contributed by atoms with Crippen LogP contribution >= 0.6 is 23.4 Å². The summed E-state index contributed by atoms with van der Waals surface area (Å²) in [6.07, 6.45) is 0.852. The molecular formula is C22H22ClN3O2S. The van der Waals surface area contributed by atoms with Gasteiger partial charge in [0.2, 0.25) is 0 Å². The third-order valence-corrected chi connectivity index (χ3v) is 5.47. The van der Waals surface area contributed by atoms with Crippen LogP contribution in [0.4, 0.5) is 0 Å². The quantitative estimate of drug-likeness (QED) is 0.554. The molecule has 7 heteroatoms. The van der Waals surface area contributed by atoms with Gasteiger partial charge in [-0.2, -0.15) is 0 Å². The summed E-state index contributed by atoms with van der Waals surface area (Å²) in [6.45, 7) is 2.64. The second kappa shape index (κ2) is 10.3. The molecule has 1 N–H and O–H groups in total. The number of carbonyl (C=O) groups is 1. The van der Waals surface area contributed by atoms with E-state index in [1.807, 2.05) is 54.6 Å². The summed E-state index contributed by atoms with van der Waals surface area (Å²) >= 11 is 7.37. The Morgan fingerprint density at radius 1 is 1.14 bits per heavy atom. The van der Waals surface area contributed by atoms with Crippen molar-refractivity contribution in [1.82, 2.24) is 15.5 Å². The first-order chi connectivity index (χ1) is 14.0. The maximum absolute atomic E-state index is 12.8. The Morgan fingerprint density at radius 3 is 2.55 bits per heavy atom. The fourth-order valence-electron chi connectivity index (χ4n) is 2.79. The van der Waals surface area contributed by atoms with Gasteiger partial charge in [0.25, 0.3) is 5.91 Å². The first-order valence-electron chi connectivity index (χ1n) is 9.22. The van der Waals surface area contributed by atoms with Gasteiger partial charge in [-0.1, -0.05) is 60.6 Å². The molecule has 0 saturated heterocycles. The molecule has 0 aliphatic carbocycles. The zero-order valence-electron chi connectivity index (χ0n) is 16.3. The molecule has 29 heavy (non-hydrogen) atoms. The van der Waals surface area contributed by atoms with Crippen LogP contribution in [0.5, 0.6) is 5.75 Å². The fraction of sp³-hybridized carbons (Fsp3) is 0.227. The van der Waals surface area contributed by atoms with E-state index in [0.717, 1.165) is 17.1 Å². The summed E-state index contributed by atoms with van der Waals surface area (Å²) in [6, 6.07) is 19.3. The van der Waals surface area contributed by atoms with E-state index in [9.17, 15) is 4.79 Å². The van der Waals surface area contributed by atoms with Gasteiger partial charge in [0.15, 0.2) is 5.15 Å². The number of aromatic nitrogens is 2. The molecule has 0 saturated carbocycles. The van der Waals surface area contributed by atoms with Crippen LogP contribution < -0.4 is 10.1 Å². The maximum atomic E-state index is 12.8. The third kappa shape index (κ3) is 6.21. The SMILES string of the molecule is COc1ccc(CC(C)CNC(=O)c2cc(Cl)nnc2Sc2ccccc2)cc1. The molecule has 1 aromatic heterocycles. The highest BCUT2D eigenvalue weighted by Crippen LogP contribution is 2.29. The first-order valence-corrected chi connectivity index (χ1v) is 10.4. The van der Waals surface area contributed by atoms with Crippen molar-refractivity contribution in [2.24, 2.45) is 5.92 Å². The van der Waals surface area contributed by atoms with E-state index in [-0.39, 0.29) is 17.0 Å². The number of hydrogen-bond donors (Lipinski definition) is 1. The summed E-state index contributed by atoms with van der Waals surface area (Å²) < 4.78 is 5.18. The normalized spacial score (nSPS) is 11.7. The number of benzene rings is 2. The van der Waals surface area contributed by atoms with Gasteiger partial charge in [-0.25, -0.2) is 0 Å². The minimum Gasteiger partial charge on any atom is -0.497 e. The third-order valence-electron chi connectivity index (χ3n) is 4.29. The maximum Gasteiger partial charge on any atom is 0.254 e. The average Bonchev–Trinajstić information content (AvgIpc) is 2.74. The molecule has 0 spiro atoms. The number of rotatable bonds is 8. The number of nitrogens with zero attached hydrogens (tertiary/aromatic N) is 2. The van der Waals surface area contributed by atoms with E-state index in [1.54, 1.807) is 13.2 Å². The molecule has 3 rings (SSSR count). The van der Waals surface area contributed by atoms with Gasteiger partial charge in [0.1, 0.15) is 10.8 Å². The van der Waals surface area contributed by atoms with Crippen LogP contribution in [0.3, 0.4) is 0 Å². The predicted octanol–water partition coefficient (Wildman–Crippen LogP) is 4.90. The Kier molecular flexibility index (Phi) is 7.49. The molecule has 3 aromatic rings. The van der Waals surface area contributed by atoms with Crippen LogP contribution in [0.1, 0.15) is 22.8 Å². The lowest BCUT2D eigenvalue weighted by atomic mass is 10.0. The highest BCUT2D eigenvalue weighted by atomic mass is 35.5. The standard InChI is InChI=1S/C22H22ClN3O2S/c1-15(12-16-8-10-17(28-2)11-9-16)14-24-21(27)19-13-20(23)25-26-22(19)29-18-6-4-3-5-7-18/h3-11,13,15H,12,14H2,1-2H3,(H,24,27). The second-order valence-electron chi connectivity index (χ2n) is 6.67. The number of hydrogen-bond acceptors (Lipinski definition) is 5. The molecule has 1 atom stereocenters. The van der Waals surface area contributed by atoms with Crippen LogP contribution in [-0.4, -0.2) is 29.8 Å². The van der Waals surface area contributed by atoms with Gasteiger partial charge in [-0.05, 0) is 48.2 Å². The van der Waals surface area contributed by atoms with Crippen molar-refractivity contribution in [2.45, 2.75) is 23.3 Å². The van der Waals surface area contributed by atoms with Gasteiger partial charge in [-0.3, -0.25) is 4.79 Å². The Balaban J connectivity index is 1.62. The monoisotopic (exact) mass is 427 g/mol. The van der Waals surface area contributed by atoms with Crippen molar-refractivity contribution in [2.75, 3.05) is 13.7 Å². The zero-order valence-corrected chi connectivity index (χ0v) is 17.8. The summed E-state index contributed by atoms with van der Waals surface area (Å²) in [5, 5.41) is 11.7. The Bertz CT molecular complexity index is 952. The Hall–Kier alpha value is -2.57. The van der Waals surface area contributed by atoms with Crippen molar-refractivity contribution in [3.05, 3.63) is 76.9 Å². The molecule has 2 aromatic carbocycles. The molecule has 0 aliphatic rings. The van der Waals surface area contributed by atoms with Crippen LogP contribution in [0.2, 0.25) is 5.15 Å². The number of methoxy groups -OCH3 is 1. The lowest BCUT2D eigenvalue weighted by Gasteiger charge is -2.14. The summed E-state index contributed by atoms with van der Waals surface area (Å²) in [5.74, 6) is 0.893. The number of nitrogens with one attached hydrogen (secondary N) is 1. The molecule has 1 heterocycles. The topological polar surface area (TPSA) is 64.1 Å². The van der Waals surface area contributed by atoms with Crippen molar-refractivity contribution in [3.63, 3.8) is 0 Å². The summed E-state index contributed by atoms with van der Waals surface area (Å²) in [7, 11) is 1.65. The molecule has 1 amide bonds. The molecule has 0 aliphatic heterocycles. The van der Waals surface area contributed by atoms with Crippen molar-refractivity contribution in [3.8, 4) is 5.75 Å². The Labute approximate surface area is 179 Å². The molecular weight excluding hydrogens is 406 g/mol. The van der Waals surface area contributed by atoms with Crippen LogP contribution in [0.25, 0.3) is 0 Å². The van der Waals surface area contributed by atoms with Gasteiger partial charge in [0, 0.05) is 11.4 Å². The lowest BCUT2D eigenvalue weighted by molar-refractivity contribution is 0.0944. The van der Waals surface area contributed by atoms with Crippen LogP contribution in [0, 0.1) is 5.92 Å². The number of carbonyl (C=O) groups excluding carboxylic acids is 1. The van der Waals surface area contributed by atoms with Crippen molar-refractivity contribution < 1.29 is 9.53 Å². The smallest absolute Gasteiger partial charge is 0.254 e. The van der Waals surface area contributed by atoms with Crippen LogP contribution in [-0.2, 0) is 6.42 Å². The molecule has 0 fully saturated rings. The minimum absolute atomic E-state index is 0.193. The number of ether oxygens (including phenoxy) is 1. The largest absolute Gasteiger partial charge is 0.497 e. The molecule has 0 radical (unpaired) electrons. The molecule has 5 nitrogen and oxygen atoms in total. The minimum atomic E-state index is -0.207. The number of halogens is 1. The van der Waals surface area contributed by atoms with E-state index in [4.69, 9.17) is 16.3 Å².